The van der Waals surface area contributed by atoms with Crippen LogP contribution in [0.25, 0.3) is 0 Å². The lowest BCUT2D eigenvalue weighted by molar-refractivity contribution is 0.0716. The van der Waals surface area contributed by atoms with Gasteiger partial charge in [0.05, 0.1) is 12.6 Å². The van der Waals surface area contributed by atoms with Crippen LogP contribution in [0.15, 0.2) is 12.1 Å². The molecule has 1 aromatic heterocycles. The van der Waals surface area contributed by atoms with Crippen molar-refractivity contribution in [1.29, 1.82) is 0 Å². The van der Waals surface area contributed by atoms with E-state index in [0.717, 1.165) is 26.0 Å². The van der Waals surface area contributed by atoms with Crippen LogP contribution < -0.4 is 5.73 Å². The molecule has 2 unspecified atom stereocenters. The number of hydrogen-bond acceptors (Lipinski definition) is 4. The van der Waals surface area contributed by atoms with Gasteiger partial charge >= 0.3 is 0 Å². The van der Waals surface area contributed by atoms with Crippen molar-refractivity contribution in [2.75, 3.05) is 20.3 Å². The molecule has 0 aliphatic carbocycles. The van der Waals surface area contributed by atoms with Gasteiger partial charge in [0, 0.05) is 35.5 Å². The second-order valence-electron chi connectivity index (χ2n) is 5.45. The smallest absolute Gasteiger partial charge is 0.0594 e. The number of hydrogen-bond donors (Lipinski definition) is 1. The predicted molar refractivity (Wildman–Crippen MR) is 88.4 cm³/mol. The van der Waals surface area contributed by atoms with Crippen molar-refractivity contribution in [3.05, 3.63) is 21.9 Å². The number of ether oxygens (including phenoxy) is 1. The Balaban J connectivity index is 3.03. The normalized spacial score (nSPS) is 15.0. The summed E-state index contributed by atoms with van der Waals surface area (Å²) in [7, 11) is 1.77. The zero-order chi connectivity index (χ0) is 15.1. The zero-order valence-corrected chi connectivity index (χ0v) is 14.4. The average molecular weight is 298 g/mol. The Morgan fingerprint density at radius 2 is 1.95 bits per heavy atom. The van der Waals surface area contributed by atoms with Gasteiger partial charge in [-0.2, -0.15) is 0 Å². The third-order valence-electron chi connectivity index (χ3n) is 3.87. The molecule has 0 saturated carbocycles. The zero-order valence-electron chi connectivity index (χ0n) is 13.6. The van der Waals surface area contributed by atoms with Crippen molar-refractivity contribution in [2.24, 2.45) is 5.73 Å². The van der Waals surface area contributed by atoms with E-state index >= 15 is 0 Å². The maximum absolute atomic E-state index is 6.32. The van der Waals surface area contributed by atoms with Gasteiger partial charge in [-0.25, -0.2) is 0 Å². The molecule has 1 aromatic rings. The van der Waals surface area contributed by atoms with Crippen LogP contribution in [0.5, 0.6) is 0 Å². The van der Waals surface area contributed by atoms with Gasteiger partial charge in [0.2, 0.25) is 0 Å². The second kappa shape index (κ2) is 8.78. The van der Waals surface area contributed by atoms with E-state index in [1.807, 2.05) is 11.3 Å². The Kier molecular flexibility index (Phi) is 7.74. The van der Waals surface area contributed by atoms with E-state index in [0.29, 0.717) is 6.04 Å². The Hall–Kier alpha value is -0.420. The van der Waals surface area contributed by atoms with Crippen LogP contribution in [0.1, 0.15) is 49.4 Å². The molecular weight excluding hydrogens is 268 g/mol. The summed E-state index contributed by atoms with van der Waals surface area (Å²) >= 11 is 1.86. The second-order valence-corrected chi connectivity index (χ2v) is 6.77. The molecule has 1 heterocycles. The van der Waals surface area contributed by atoms with Crippen molar-refractivity contribution >= 4 is 11.3 Å². The van der Waals surface area contributed by atoms with Gasteiger partial charge in [-0.3, -0.25) is 4.90 Å². The molecule has 2 N–H and O–H groups in total. The summed E-state index contributed by atoms with van der Waals surface area (Å²) in [6, 6.07) is 5.38. The molecular formula is C16H30N2OS. The van der Waals surface area contributed by atoms with E-state index in [2.05, 4.69) is 44.7 Å². The first-order valence-electron chi connectivity index (χ1n) is 7.61. The highest BCUT2D eigenvalue weighted by Gasteiger charge is 2.29. The van der Waals surface area contributed by atoms with Crippen molar-refractivity contribution in [3.8, 4) is 0 Å². The molecule has 20 heavy (non-hydrogen) atoms. The minimum atomic E-state index is 0.116. The molecule has 4 heteroatoms. The monoisotopic (exact) mass is 298 g/mol. The lowest BCUT2D eigenvalue weighted by Crippen LogP contribution is -2.46. The molecule has 0 aliphatic rings. The van der Waals surface area contributed by atoms with Gasteiger partial charge in [0.15, 0.2) is 0 Å². The number of rotatable bonds is 9. The maximum atomic E-state index is 6.32. The summed E-state index contributed by atoms with van der Waals surface area (Å²) in [6.07, 6.45) is 2.29. The Morgan fingerprint density at radius 3 is 2.35 bits per heavy atom. The van der Waals surface area contributed by atoms with Crippen LogP contribution >= 0.6 is 11.3 Å². The van der Waals surface area contributed by atoms with Crippen molar-refractivity contribution in [2.45, 2.75) is 58.7 Å². The Labute approximate surface area is 128 Å². The molecule has 0 bridgehead atoms. The molecule has 116 valence electrons. The van der Waals surface area contributed by atoms with Crippen molar-refractivity contribution in [3.63, 3.8) is 0 Å². The van der Waals surface area contributed by atoms with E-state index in [9.17, 15) is 0 Å². The summed E-state index contributed by atoms with van der Waals surface area (Å²) in [4.78, 5) is 5.27. The Bertz CT molecular complexity index is 374. The first-order valence-corrected chi connectivity index (χ1v) is 8.43. The van der Waals surface area contributed by atoms with E-state index in [1.54, 1.807) is 7.11 Å². The number of thiophene rings is 1. The highest BCUT2D eigenvalue weighted by molar-refractivity contribution is 7.12. The lowest BCUT2D eigenvalue weighted by atomic mass is 10.0. The SMILES string of the molecule is CCC(CC)N(CCOC)C(c1ccc(C)s1)C(C)N. The van der Waals surface area contributed by atoms with Crippen LogP contribution in [0, 0.1) is 6.92 Å². The van der Waals surface area contributed by atoms with Crippen LogP contribution in [0.4, 0.5) is 0 Å². The van der Waals surface area contributed by atoms with Gasteiger partial charge in [-0.15, -0.1) is 11.3 Å². The molecule has 0 radical (unpaired) electrons. The summed E-state index contributed by atoms with van der Waals surface area (Å²) in [5.41, 5.74) is 6.32. The minimum absolute atomic E-state index is 0.116. The summed E-state index contributed by atoms with van der Waals surface area (Å²) < 4.78 is 5.30. The van der Waals surface area contributed by atoms with Crippen LogP contribution in [0.2, 0.25) is 0 Å². The molecule has 2 atom stereocenters. The largest absolute Gasteiger partial charge is 0.383 e. The molecule has 3 nitrogen and oxygen atoms in total. The van der Waals surface area contributed by atoms with Crippen LogP contribution in [0.3, 0.4) is 0 Å². The van der Waals surface area contributed by atoms with E-state index in [-0.39, 0.29) is 12.1 Å². The molecule has 0 amide bonds. The number of methoxy groups -OCH3 is 1. The van der Waals surface area contributed by atoms with Crippen LogP contribution in [-0.2, 0) is 4.74 Å². The van der Waals surface area contributed by atoms with E-state index < -0.39 is 0 Å². The van der Waals surface area contributed by atoms with Crippen molar-refractivity contribution < 1.29 is 4.74 Å². The molecule has 0 aliphatic heterocycles. The van der Waals surface area contributed by atoms with E-state index in [1.165, 1.54) is 9.75 Å². The van der Waals surface area contributed by atoms with E-state index in [4.69, 9.17) is 10.5 Å². The molecule has 0 spiro atoms. The van der Waals surface area contributed by atoms with Crippen LogP contribution in [-0.4, -0.2) is 37.2 Å². The first kappa shape index (κ1) is 17.6. The maximum Gasteiger partial charge on any atom is 0.0594 e. The molecule has 1 rings (SSSR count). The quantitative estimate of drug-likeness (QED) is 0.757. The average Bonchev–Trinajstić information content (AvgIpc) is 2.82. The standard InChI is InChI=1S/C16H30N2OS/c1-6-14(7-2)18(10-11-19-5)16(13(4)17)15-9-8-12(3)20-15/h8-9,13-14,16H,6-7,10-11,17H2,1-5H3. The summed E-state index contributed by atoms with van der Waals surface area (Å²) in [5.74, 6) is 0. The summed E-state index contributed by atoms with van der Waals surface area (Å²) in [5, 5.41) is 0. The predicted octanol–water partition coefficient (Wildman–Crippen LogP) is 3.58. The fourth-order valence-electron chi connectivity index (χ4n) is 2.84. The first-order chi connectivity index (χ1) is 9.54. The number of nitrogens with two attached hydrogens (primary N) is 1. The third kappa shape index (κ3) is 4.55. The lowest BCUT2D eigenvalue weighted by Gasteiger charge is -2.39. The molecule has 0 fully saturated rings. The third-order valence-corrected chi connectivity index (χ3v) is 4.94. The number of aryl methyl sites for hydroxylation is 1. The fourth-order valence-corrected chi connectivity index (χ4v) is 3.95. The number of nitrogens with zero attached hydrogens (tertiary/aromatic N) is 1. The van der Waals surface area contributed by atoms with Gasteiger partial charge in [-0.1, -0.05) is 13.8 Å². The van der Waals surface area contributed by atoms with Crippen molar-refractivity contribution in [1.82, 2.24) is 4.90 Å². The molecule has 0 aromatic carbocycles. The highest BCUT2D eigenvalue weighted by atomic mass is 32.1. The van der Waals surface area contributed by atoms with Gasteiger partial charge < -0.3 is 10.5 Å². The van der Waals surface area contributed by atoms with Gasteiger partial charge in [0.1, 0.15) is 0 Å². The van der Waals surface area contributed by atoms with Gasteiger partial charge in [0.25, 0.3) is 0 Å². The topological polar surface area (TPSA) is 38.5 Å². The molecule has 0 saturated heterocycles. The summed E-state index contributed by atoms with van der Waals surface area (Å²) in [6.45, 7) is 10.5. The Morgan fingerprint density at radius 1 is 1.30 bits per heavy atom. The minimum Gasteiger partial charge on any atom is -0.383 e. The fraction of sp³-hybridized carbons (Fsp3) is 0.750. The van der Waals surface area contributed by atoms with Gasteiger partial charge in [-0.05, 0) is 38.8 Å². The highest BCUT2D eigenvalue weighted by Crippen LogP contribution is 2.32.